The number of carbonyl (C=O) groups is 2. The van der Waals surface area contributed by atoms with Crippen molar-refractivity contribution in [2.75, 3.05) is 0 Å². The summed E-state index contributed by atoms with van der Waals surface area (Å²) in [5, 5.41) is 12.3. The average Bonchev–Trinajstić information content (AvgIpc) is 3.15. The molecular formula is C19H26N2O5S. The van der Waals surface area contributed by atoms with E-state index in [1.807, 2.05) is 0 Å². The topological polar surface area (TPSA) is 113 Å². The van der Waals surface area contributed by atoms with Gasteiger partial charge in [-0.05, 0) is 43.9 Å². The maximum Gasteiger partial charge on any atom is 0.329 e. The lowest BCUT2D eigenvalue weighted by atomic mass is 9.81. The second-order valence-corrected chi connectivity index (χ2v) is 9.25. The predicted molar refractivity (Wildman–Crippen MR) is 99.9 cm³/mol. The summed E-state index contributed by atoms with van der Waals surface area (Å²) in [7, 11) is -3.71. The predicted octanol–water partition coefficient (Wildman–Crippen LogP) is 2.42. The minimum Gasteiger partial charge on any atom is -0.480 e. The molecule has 0 aromatic heterocycles. The summed E-state index contributed by atoms with van der Waals surface area (Å²) in [5.41, 5.74) is -1.12. The fraction of sp³-hybridized carbons (Fsp3) is 0.579. The van der Waals surface area contributed by atoms with Crippen LogP contribution in [-0.4, -0.2) is 37.0 Å². The molecule has 3 rings (SSSR count). The number of amides is 1. The van der Waals surface area contributed by atoms with E-state index in [2.05, 4.69) is 10.0 Å². The Bertz CT molecular complexity index is 809. The first-order valence-electron chi connectivity index (χ1n) is 9.51. The van der Waals surface area contributed by atoms with Gasteiger partial charge in [-0.2, -0.15) is 0 Å². The van der Waals surface area contributed by atoms with Gasteiger partial charge in [0.25, 0.3) is 5.91 Å². The Balaban J connectivity index is 1.78. The van der Waals surface area contributed by atoms with Crippen molar-refractivity contribution in [2.24, 2.45) is 0 Å². The molecule has 0 heterocycles. The van der Waals surface area contributed by atoms with E-state index >= 15 is 0 Å². The van der Waals surface area contributed by atoms with Crippen LogP contribution in [-0.2, 0) is 14.8 Å². The average molecular weight is 394 g/mol. The summed E-state index contributed by atoms with van der Waals surface area (Å²) in [4.78, 5) is 24.4. The fourth-order valence-corrected chi connectivity index (χ4v) is 5.32. The van der Waals surface area contributed by atoms with Crippen LogP contribution in [0, 0.1) is 0 Å². The van der Waals surface area contributed by atoms with E-state index < -0.39 is 27.4 Å². The molecule has 2 saturated carbocycles. The number of carbonyl (C=O) groups excluding carboxylic acids is 1. The molecule has 0 atom stereocenters. The number of rotatable bonds is 6. The van der Waals surface area contributed by atoms with Gasteiger partial charge in [-0.1, -0.05) is 38.2 Å². The monoisotopic (exact) mass is 394 g/mol. The molecule has 8 heteroatoms. The zero-order valence-electron chi connectivity index (χ0n) is 15.2. The fourth-order valence-electron chi connectivity index (χ4n) is 3.97. The second kappa shape index (κ2) is 7.98. The van der Waals surface area contributed by atoms with Gasteiger partial charge in [-0.15, -0.1) is 0 Å². The van der Waals surface area contributed by atoms with Crippen LogP contribution >= 0.6 is 0 Å². The number of benzene rings is 1. The van der Waals surface area contributed by atoms with E-state index in [1.165, 1.54) is 24.3 Å². The van der Waals surface area contributed by atoms with Crippen molar-refractivity contribution in [1.29, 1.82) is 0 Å². The second-order valence-electron chi connectivity index (χ2n) is 7.53. The van der Waals surface area contributed by atoms with Crippen LogP contribution in [0.25, 0.3) is 0 Å². The molecule has 7 nitrogen and oxygen atoms in total. The van der Waals surface area contributed by atoms with Crippen LogP contribution < -0.4 is 10.0 Å². The van der Waals surface area contributed by atoms with Gasteiger partial charge in [-0.3, -0.25) is 4.79 Å². The molecule has 0 radical (unpaired) electrons. The molecule has 1 aromatic rings. The van der Waals surface area contributed by atoms with Gasteiger partial charge in [0.15, 0.2) is 0 Å². The quantitative estimate of drug-likeness (QED) is 0.686. The van der Waals surface area contributed by atoms with E-state index in [-0.39, 0.29) is 16.5 Å². The van der Waals surface area contributed by atoms with Crippen molar-refractivity contribution in [3.8, 4) is 0 Å². The largest absolute Gasteiger partial charge is 0.480 e. The number of hydrogen-bond acceptors (Lipinski definition) is 4. The summed E-state index contributed by atoms with van der Waals surface area (Å²) < 4.78 is 27.9. The molecular weight excluding hydrogens is 368 g/mol. The molecule has 0 bridgehead atoms. The first kappa shape index (κ1) is 19.8. The molecule has 3 N–H and O–H groups in total. The third-order valence-electron chi connectivity index (χ3n) is 5.55. The molecule has 2 fully saturated rings. The van der Waals surface area contributed by atoms with Crippen LogP contribution in [0.4, 0.5) is 0 Å². The number of hydrogen-bond donors (Lipinski definition) is 3. The Morgan fingerprint density at radius 2 is 1.70 bits per heavy atom. The maximum absolute atomic E-state index is 12.7. The van der Waals surface area contributed by atoms with Gasteiger partial charge < -0.3 is 10.4 Å². The van der Waals surface area contributed by atoms with Crippen molar-refractivity contribution in [3.63, 3.8) is 0 Å². The van der Waals surface area contributed by atoms with Gasteiger partial charge in [-0.25, -0.2) is 17.9 Å². The lowest BCUT2D eigenvalue weighted by Crippen LogP contribution is -2.55. The maximum atomic E-state index is 12.7. The van der Waals surface area contributed by atoms with Crippen LogP contribution in [0.2, 0.25) is 0 Å². The van der Waals surface area contributed by atoms with Crippen molar-refractivity contribution in [3.05, 3.63) is 29.8 Å². The van der Waals surface area contributed by atoms with Gasteiger partial charge in [0.05, 0.1) is 4.90 Å². The van der Waals surface area contributed by atoms with E-state index in [1.54, 1.807) is 0 Å². The zero-order chi connectivity index (χ0) is 19.5. The number of nitrogens with one attached hydrogen (secondary N) is 2. The Morgan fingerprint density at radius 3 is 2.33 bits per heavy atom. The van der Waals surface area contributed by atoms with Gasteiger partial charge in [0.1, 0.15) is 5.54 Å². The molecule has 0 unspecified atom stereocenters. The SMILES string of the molecule is O=C(NC1(C(=O)O)CCCCC1)c1cccc(S(=O)(=O)NC2CCCC2)c1. The molecule has 2 aliphatic carbocycles. The summed E-state index contributed by atoms with van der Waals surface area (Å²) in [6, 6.07) is 5.70. The Morgan fingerprint density at radius 1 is 1.04 bits per heavy atom. The third-order valence-corrected chi connectivity index (χ3v) is 7.07. The molecule has 1 amide bonds. The third kappa shape index (κ3) is 4.50. The van der Waals surface area contributed by atoms with Crippen molar-refractivity contribution >= 4 is 21.9 Å². The van der Waals surface area contributed by atoms with E-state index in [9.17, 15) is 23.1 Å². The normalized spacial score (nSPS) is 20.3. The van der Waals surface area contributed by atoms with Crippen molar-refractivity contribution in [1.82, 2.24) is 10.0 Å². The minimum atomic E-state index is -3.71. The zero-order valence-corrected chi connectivity index (χ0v) is 16.1. The van der Waals surface area contributed by atoms with Crippen LogP contribution in [0.15, 0.2) is 29.2 Å². The molecule has 0 spiro atoms. The highest BCUT2D eigenvalue weighted by Crippen LogP contribution is 2.29. The molecule has 1 aromatic carbocycles. The Labute approximate surface area is 159 Å². The minimum absolute atomic E-state index is 0.0232. The highest BCUT2D eigenvalue weighted by Gasteiger charge is 2.41. The number of carboxylic acid groups (broad SMARTS) is 1. The summed E-state index contributed by atoms with van der Waals surface area (Å²) >= 11 is 0. The first-order chi connectivity index (χ1) is 12.8. The lowest BCUT2D eigenvalue weighted by Gasteiger charge is -2.34. The first-order valence-corrected chi connectivity index (χ1v) is 11.0. The summed E-state index contributed by atoms with van der Waals surface area (Å²) in [5.74, 6) is -1.60. The van der Waals surface area contributed by atoms with E-state index in [0.29, 0.717) is 12.8 Å². The standard InChI is InChI=1S/C19H26N2O5S/c22-17(20-19(18(23)24)11-4-1-5-12-19)14-7-6-10-16(13-14)27(25,26)21-15-8-2-3-9-15/h6-7,10,13,15,21H,1-5,8-9,11-12H2,(H,20,22)(H,23,24). The smallest absolute Gasteiger partial charge is 0.329 e. The Hall–Kier alpha value is -1.93. The number of carboxylic acids is 1. The molecule has 0 saturated heterocycles. The summed E-state index contributed by atoms with van der Waals surface area (Å²) in [6.07, 6.45) is 6.86. The number of aliphatic carboxylic acids is 1. The molecule has 148 valence electrons. The van der Waals surface area contributed by atoms with Crippen LogP contribution in [0.5, 0.6) is 0 Å². The highest BCUT2D eigenvalue weighted by atomic mass is 32.2. The molecule has 27 heavy (non-hydrogen) atoms. The highest BCUT2D eigenvalue weighted by molar-refractivity contribution is 7.89. The molecule has 0 aliphatic heterocycles. The van der Waals surface area contributed by atoms with Crippen LogP contribution in [0.1, 0.15) is 68.1 Å². The van der Waals surface area contributed by atoms with E-state index in [4.69, 9.17) is 0 Å². The van der Waals surface area contributed by atoms with Crippen LogP contribution in [0.3, 0.4) is 0 Å². The summed E-state index contributed by atoms with van der Waals surface area (Å²) in [6.45, 7) is 0. The Kier molecular flexibility index (Phi) is 5.86. The molecule has 2 aliphatic rings. The van der Waals surface area contributed by atoms with Gasteiger partial charge in [0, 0.05) is 11.6 Å². The lowest BCUT2D eigenvalue weighted by molar-refractivity contribution is -0.145. The van der Waals surface area contributed by atoms with Crippen molar-refractivity contribution in [2.45, 2.75) is 74.3 Å². The van der Waals surface area contributed by atoms with Gasteiger partial charge in [0.2, 0.25) is 10.0 Å². The van der Waals surface area contributed by atoms with E-state index in [0.717, 1.165) is 44.9 Å². The van der Waals surface area contributed by atoms with Gasteiger partial charge >= 0.3 is 5.97 Å². The van der Waals surface area contributed by atoms with Crippen molar-refractivity contribution < 1.29 is 23.1 Å². The number of sulfonamides is 1.